The topological polar surface area (TPSA) is 25.2 Å². The van der Waals surface area contributed by atoms with E-state index in [1.54, 1.807) is 0 Å². The first kappa shape index (κ1) is 12.2. The lowest BCUT2D eigenvalue weighted by Gasteiger charge is -2.06. The molecule has 0 fully saturated rings. The summed E-state index contributed by atoms with van der Waals surface area (Å²) < 4.78 is 2.32. The molecule has 0 unspecified atom stereocenters. The summed E-state index contributed by atoms with van der Waals surface area (Å²) in [6.07, 6.45) is 4.06. The highest BCUT2D eigenvalue weighted by atomic mass is 16.2. The quantitative estimate of drug-likeness (QED) is 0.859. The van der Waals surface area contributed by atoms with Crippen molar-refractivity contribution in [1.29, 1.82) is 0 Å². The zero-order valence-electron chi connectivity index (χ0n) is 11.0. The second kappa shape index (κ2) is 4.92. The Hall–Kier alpha value is -1.28. The van der Waals surface area contributed by atoms with Crippen molar-refractivity contribution in [2.75, 3.05) is 6.61 Å². The van der Waals surface area contributed by atoms with E-state index in [0.717, 1.165) is 19.4 Å². The van der Waals surface area contributed by atoms with Gasteiger partial charge in [0.2, 0.25) is 0 Å². The summed E-state index contributed by atoms with van der Waals surface area (Å²) in [7, 11) is 0. The standard InChI is InChI=1S/C15H21NO/c1-4-16-10-13(6-5-9-17)14-11(2)7-8-12(3)15(14)16/h7-8,10,17H,4-6,9H2,1-3H3. The maximum absolute atomic E-state index is 8.98. The van der Waals surface area contributed by atoms with E-state index in [1.807, 2.05) is 0 Å². The SMILES string of the molecule is CCn1cc(CCCO)c2c(C)ccc(C)c21. The second-order valence-electron chi connectivity index (χ2n) is 4.69. The number of aryl methyl sites for hydroxylation is 4. The van der Waals surface area contributed by atoms with Crippen molar-refractivity contribution in [1.82, 2.24) is 4.57 Å². The van der Waals surface area contributed by atoms with E-state index < -0.39 is 0 Å². The fraction of sp³-hybridized carbons (Fsp3) is 0.467. The maximum atomic E-state index is 8.98. The van der Waals surface area contributed by atoms with Crippen LogP contribution < -0.4 is 0 Å². The van der Waals surface area contributed by atoms with Crippen LogP contribution >= 0.6 is 0 Å². The third kappa shape index (κ3) is 2.09. The summed E-state index contributed by atoms with van der Waals surface area (Å²) in [5, 5.41) is 10.4. The molecule has 0 saturated carbocycles. The predicted octanol–water partition coefficient (Wildman–Crippen LogP) is 3.20. The minimum Gasteiger partial charge on any atom is -0.396 e. The van der Waals surface area contributed by atoms with Crippen molar-refractivity contribution < 1.29 is 5.11 Å². The molecule has 0 amide bonds. The Morgan fingerprint density at radius 1 is 1.18 bits per heavy atom. The molecule has 92 valence electrons. The van der Waals surface area contributed by atoms with Gasteiger partial charge in [-0.05, 0) is 50.3 Å². The van der Waals surface area contributed by atoms with Crippen molar-refractivity contribution in [3.8, 4) is 0 Å². The van der Waals surface area contributed by atoms with Crippen LogP contribution in [0.2, 0.25) is 0 Å². The van der Waals surface area contributed by atoms with Crippen LogP contribution in [0.4, 0.5) is 0 Å². The molecule has 1 aromatic carbocycles. The molecule has 0 aliphatic heterocycles. The van der Waals surface area contributed by atoms with Gasteiger partial charge in [-0.1, -0.05) is 12.1 Å². The van der Waals surface area contributed by atoms with Gasteiger partial charge in [0, 0.05) is 24.7 Å². The highest BCUT2D eigenvalue weighted by molar-refractivity contribution is 5.89. The van der Waals surface area contributed by atoms with Gasteiger partial charge in [-0.15, -0.1) is 0 Å². The molecule has 2 nitrogen and oxygen atoms in total. The van der Waals surface area contributed by atoms with E-state index >= 15 is 0 Å². The van der Waals surface area contributed by atoms with Crippen molar-refractivity contribution >= 4 is 10.9 Å². The van der Waals surface area contributed by atoms with Gasteiger partial charge in [-0.3, -0.25) is 0 Å². The molecule has 0 radical (unpaired) electrons. The number of fused-ring (bicyclic) bond motifs is 1. The molecule has 17 heavy (non-hydrogen) atoms. The van der Waals surface area contributed by atoms with Crippen LogP contribution in [0.5, 0.6) is 0 Å². The third-order valence-corrected chi connectivity index (χ3v) is 3.45. The molecule has 0 spiro atoms. The Bertz CT molecular complexity index is 525. The summed E-state index contributed by atoms with van der Waals surface area (Å²) in [6, 6.07) is 4.39. The van der Waals surface area contributed by atoms with Gasteiger partial charge in [0.15, 0.2) is 0 Å². The normalized spacial score (nSPS) is 11.3. The van der Waals surface area contributed by atoms with Gasteiger partial charge < -0.3 is 9.67 Å². The third-order valence-electron chi connectivity index (χ3n) is 3.45. The molecular weight excluding hydrogens is 210 g/mol. The molecule has 0 aliphatic carbocycles. The van der Waals surface area contributed by atoms with Gasteiger partial charge in [-0.25, -0.2) is 0 Å². The van der Waals surface area contributed by atoms with E-state index in [1.165, 1.54) is 27.6 Å². The van der Waals surface area contributed by atoms with Crippen LogP contribution in [-0.2, 0) is 13.0 Å². The first-order valence-electron chi connectivity index (χ1n) is 6.37. The molecule has 0 aliphatic rings. The van der Waals surface area contributed by atoms with Gasteiger partial charge >= 0.3 is 0 Å². The van der Waals surface area contributed by atoms with Crippen LogP contribution in [0.3, 0.4) is 0 Å². The van der Waals surface area contributed by atoms with Crippen LogP contribution in [0.25, 0.3) is 10.9 Å². The van der Waals surface area contributed by atoms with Crippen LogP contribution in [0, 0.1) is 13.8 Å². The fourth-order valence-electron chi connectivity index (χ4n) is 2.60. The summed E-state index contributed by atoms with van der Waals surface area (Å²) >= 11 is 0. The first-order valence-corrected chi connectivity index (χ1v) is 6.37. The number of hydrogen-bond acceptors (Lipinski definition) is 1. The second-order valence-corrected chi connectivity index (χ2v) is 4.69. The lowest BCUT2D eigenvalue weighted by molar-refractivity contribution is 0.288. The zero-order chi connectivity index (χ0) is 12.4. The average molecular weight is 231 g/mol. The molecule has 2 aromatic rings. The van der Waals surface area contributed by atoms with Crippen LogP contribution in [-0.4, -0.2) is 16.3 Å². The summed E-state index contributed by atoms with van der Waals surface area (Å²) in [5.74, 6) is 0. The molecule has 0 saturated heterocycles. The first-order chi connectivity index (χ1) is 8.19. The lowest BCUT2D eigenvalue weighted by Crippen LogP contribution is -1.93. The molecule has 2 heteroatoms. The maximum Gasteiger partial charge on any atom is 0.0515 e. The van der Waals surface area contributed by atoms with Crippen LogP contribution in [0.15, 0.2) is 18.3 Å². The Morgan fingerprint density at radius 2 is 1.88 bits per heavy atom. The molecule has 1 heterocycles. The van der Waals surface area contributed by atoms with E-state index in [9.17, 15) is 0 Å². The summed E-state index contributed by atoms with van der Waals surface area (Å²) in [6.45, 7) is 7.79. The number of aromatic nitrogens is 1. The molecule has 0 atom stereocenters. The van der Waals surface area contributed by atoms with Gasteiger partial charge in [0.1, 0.15) is 0 Å². The molecule has 0 bridgehead atoms. The average Bonchev–Trinajstić information content (AvgIpc) is 2.71. The summed E-state index contributed by atoms with van der Waals surface area (Å²) in [5.41, 5.74) is 5.41. The number of rotatable bonds is 4. The lowest BCUT2D eigenvalue weighted by atomic mass is 10.0. The fourth-order valence-corrected chi connectivity index (χ4v) is 2.60. The monoisotopic (exact) mass is 231 g/mol. The Kier molecular flexibility index (Phi) is 3.53. The number of benzene rings is 1. The van der Waals surface area contributed by atoms with Crippen molar-refractivity contribution in [2.45, 2.75) is 40.2 Å². The van der Waals surface area contributed by atoms with Gasteiger partial charge in [0.25, 0.3) is 0 Å². The minimum absolute atomic E-state index is 0.268. The van der Waals surface area contributed by atoms with Crippen LogP contribution in [0.1, 0.15) is 30.0 Å². The Balaban J connectivity index is 2.64. The highest BCUT2D eigenvalue weighted by Crippen LogP contribution is 2.28. The van der Waals surface area contributed by atoms with Crippen molar-refractivity contribution in [3.63, 3.8) is 0 Å². The van der Waals surface area contributed by atoms with Gasteiger partial charge in [-0.2, -0.15) is 0 Å². The van der Waals surface area contributed by atoms with E-state index in [0.29, 0.717) is 0 Å². The molecule has 1 N–H and O–H groups in total. The molecular formula is C15H21NO. The zero-order valence-corrected chi connectivity index (χ0v) is 11.0. The largest absolute Gasteiger partial charge is 0.396 e. The predicted molar refractivity (Wildman–Crippen MR) is 72.5 cm³/mol. The van der Waals surface area contributed by atoms with Crippen molar-refractivity contribution in [2.24, 2.45) is 0 Å². The van der Waals surface area contributed by atoms with Gasteiger partial charge in [0.05, 0.1) is 5.52 Å². The van der Waals surface area contributed by atoms with E-state index in [-0.39, 0.29) is 6.61 Å². The number of aliphatic hydroxyl groups excluding tert-OH is 1. The molecule has 2 rings (SSSR count). The van der Waals surface area contributed by atoms with Crippen molar-refractivity contribution in [3.05, 3.63) is 35.0 Å². The number of hydrogen-bond donors (Lipinski definition) is 1. The van der Waals surface area contributed by atoms with E-state index in [4.69, 9.17) is 5.11 Å². The number of nitrogens with zero attached hydrogens (tertiary/aromatic N) is 1. The smallest absolute Gasteiger partial charge is 0.0515 e. The highest BCUT2D eigenvalue weighted by Gasteiger charge is 2.11. The molecule has 1 aromatic heterocycles. The number of aliphatic hydroxyl groups is 1. The minimum atomic E-state index is 0.268. The van der Waals surface area contributed by atoms with E-state index in [2.05, 4.69) is 43.7 Å². The Morgan fingerprint density at radius 3 is 2.53 bits per heavy atom. The summed E-state index contributed by atoms with van der Waals surface area (Å²) in [4.78, 5) is 0. The Labute approximate surface area is 103 Å².